The van der Waals surface area contributed by atoms with Crippen molar-refractivity contribution in [3.8, 4) is 0 Å². The number of nitrogens with two attached hydrogens (primary N) is 1. The Balaban J connectivity index is 2.80. The summed E-state index contributed by atoms with van der Waals surface area (Å²) in [5, 5.41) is 9.56. The van der Waals surface area contributed by atoms with E-state index >= 15 is 0 Å². The molecule has 2 rings (SSSR count). The van der Waals surface area contributed by atoms with Crippen molar-refractivity contribution in [1.82, 2.24) is 4.57 Å². The number of aromatic nitrogens is 1. The van der Waals surface area contributed by atoms with Gasteiger partial charge in [0.05, 0.1) is 11.2 Å². The Bertz CT molecular complexity index is 490. The molecule has 0 bridgehead atoms. The highest BCUT2D eigenvalue weighted by atomic mass is 16.5. The van der Waals surface area contributed by atoms with E-state index in [9.17, 15) is 4.79 Å². The second-order valence-electron chi connectivity index (χ2n) is 2.88. The van der Waals surface area contributed by atoms with Gasteiger partial charge in [-0.1, -0.05) is 18.2 Å². The average molecular weight is 191 g/mol. The number of amides is 1. The number of hydrogen-bond donors (Lipinski definition) is 3. The van der Waals surface area contributed by atoms with Crippen LogP contribution < -0.4 is 11.2 Å². The number of benzene rings is 1. The van der Waals surface area contributed by atoms with Crippen molar-refractivity contribution in [2.45, 2.75) is 0 Å². The number of fused-ring (bicyclic) bond motifs is 1. The first-order chi connectivity index (χ1) is 6.74. The molecule has 0 saturated heterocycles. The fourth-order valence-electron chi connectivity index (χ4n) is 1.45. The molecule has 1 amide bonds. The summed E-state index contributed by atoms with van der Waals surface area (Å²) in [5.74, 6) is 0. The summed E-state index contributed by atoms with van der Waals surface area (Å²) >= 11 is 0. The van der Waals surface area contributed by atoms with Crippen LogP contribution in [0, 0.1) is 0 Å². The van der Waals surface area contributed by atoms with Gasteiger partial charge in [-0.15, -0.1) is 0 Å². The van der Waals surface area contributed by atoms with Gasteiger partial charge in [-0.2, -0.15) is 0 Å². The Labute approximate surface area is 79.7 Å². The molecular formula is C9H9N3O2. The summed E-state index contributed by atoms with van der Waals surface area (Å²) < 4.78 is 1.27. The van der Waals surface area contributed by atoms with Crippen LogP contribution in [-0.2, 0) is 0 Å². The summed E-state index contributed by atoms with van der Waals surface area (Å²) in [6, 6.07) is 6.56. The quantitative estimate of drug-likeness (QED) is 0.595. The first-order valence-corrected chi connectivity index (χ1v) is 4.04. The smallest absolute Gasteiger partial charge is 0.323 e. The van der Waals surface area contributed by atoms with Gasteiger partial charge in [0, 0.05) is 11.6 Å². The maximum Gasteiger partial charge on any atom is 0.323 e. The number of carbonyl (C=O) groups is 1. The van der Waals surface area contributed by atoms with E-state index in [-0.39, 0.29) is 0 Å². The van der Waals surface area contributed by atoms with E-state index in [1.807, 2.05) is 11.5 Å². The molecule has 0 aliphatic heterocycles. The normalized spacial score (nSPS) is 10.4. The maximum absolute atomic E-state index is 11.0. The monoisotopic (exact) mass is 191 g/mol. The number of hydrogen-bond acceptors (Lipinski definition) is 3. The number of rotatable bonds is 1. The van der Waals surface area contributed by atoms with Gasteiger partial charge in [-0.3, -0.25) is 15.3 Å². The van der Waals surface area contributed by atoms with Gasteiger partial charge in [0.2, 0.25) is 0 Å². The molecule has 5 nitrogen and oxygen atoms in total. The zero-order valence-corrected chi connectivity index (χ0v) is 7.27. The second-order valence-corrected chi connectivity index (χ2v) is 2.88. The second kappa shape index (κ2) is 3.04. The van der Waals surface area contributed by atoms with Crippen molar-refractivity contribution in [3.63, 3.8) is 0 Å². The number of anilines is 1. The van der Waals surface area contributed by atoms with Gasteiger partial charge in [-0.05, 0) is 6.07 Å². The summed E-state index contributed by atoms with van der Waals surface area (Å²) in [5.41, 5.74) is 8.30. The van der Waals surface area contributed by atoms with E-state index in [4.69, 9.17) is 10.9 Å². The van der Waals surface area contributed by atoms with Crippen LogP contribution in [0.1, 0.15) is 0 Å². The Morgan fingerprint density at radius 2 is 2.14 bits per heavy atom. The molecule has 0 fully saturated rings. The Hall–Kier alpha value is -2.01. The van der Waals surface area contributed by atoms with Gasteiger partial charge in [0.15, 0.2) is 0 Å². The van der Waals surface area contributed by atoms with Crippen molar-refractivity contribution < 1.29 is 10.0 Å². The van der Waals surface area contributed by atoms with Crippen LogP contribution in [0.2, 0.25) is 0 Å². The average Bonchev–Trinajstić information content (AvgIpc) is 2.56. The molecule has 0 radical (unpaired) electrons. The predicted molar refractivity (Wildman–Crippen MR) is 52.3 cm³/mol. The highest BCUT2D eigenvalue weighted by Gasteiger charge is 2.09. The zero-order chi connectivity index (χ0) is 10.1. The Morgan fingerprint density at radius 1 is 1.43 bits per heavy atom. The first-order valence-electron chi connectivity index (χ1n) is 4.04. The largest absolute Gasteiger partial charge is 0.351 e. The fraction of sp³-hybridized carbons (Fsp3) is 0. The molecule has 0 atom stereocenters. The molecule has 72 valence electrons. The fourth-order valence-corrected chi connectivity index (χ4v) is 1.45. The molecule has 4 N–H and O–H groups in total. The van der Waals surface area contributed by atoms with Crippen LogP contribution >= 0.6 is 0 Å². The Morgan fingerprint density at radius 3 is 2.79 bits per heavy atom. The summed E-state index contributed by atoms with van der Waals surface area (Å²) in [6.07, 6.45) is 1.45. The van der Waals surface area contributed by atoms with Crippen molar-refractivity contribution in [1.29, 1.82) is 0 Å². The zero-order valence-electron chi connectivity index (χ0n) is 7.27. The van der Waals surface area contributed by atoms with Crippen molar-refractivity contribution in [3.05, 3.63) is 30.5 Å². The minimum absolute atomic E-state index is 0.458. The van der Waals surface area contributed by atoms with Crippen LogP contribution in [0.15, 0.2) is 30.5 Å². The third-order valence-electron chi connectivity index (χ3n) is 2.07. The molecule has 0 spiro atoms. The molecule has 2 aromatic rings. The number of nitrogens with zero attached hydrogens (tertiary/aromatic N) is 1. The predicted octanol–water partition coefficient (Wildman–Crippen LogP) is 1.37. The van der Waals surface area contributed by atoms with Gasteiger partial charge >= 0.3 is 6.03 Å². The Kier molecular flexibility index (Phi) is 1.86. The lowest BCUT2D eigenvalue weighted by atomic mass is 10.2. The number of para-hydroxylation sites is 1. The van der Waals surface area contributed by atoms with E-state index in [1.54, 1.807) is 18.2 Å². The van der Waals surface area contributed by atoms with E-state index < -0.39 is 6.03 Å². The third-order valence-corrected chi connectivity index (χ3v) is 2.07. The highest BCUT2D eigenvalue weighted by molar-refractivity contribution is 5.98. The summed E-state index contributed by atoms with van der Waals surface area (Å²) in [6.45, 7) is 0. The molecule has 1 heterocycles. The molecule has 0 aliphatic rings. The van der Waals surface area contributed by atoms with Crippen LogP contribution in [0.5, 0.6) is 0 Å². The lowest BCUT2D eigenvalue weighted by molar-refractivity contribution is 0.251. The maximum atomic E-state index is 11.0. The van der Waals surface area contributed by atoms with E-state index in [0.29, 0.717) is 11.2 Å². The van der Waals surface area contributed by atoms with Gasteiger partial charge in [0.25, 0.3) is 0 Å². The minimum atomic E-state index is -0.581. The van der Waals surface area contributed by atoms with E-state index in [2.05, 4.69) is 0 Å². The van der Waals surface area contributed by atoms with Crippen LogP contribution in [-0.4, -0.2) is 15.8 Å². The van der Waals surface area contributed by atoms with Crippen molar-refractivity contribution in [2.24, 2.45) is 5.73 Å². The molecule has 0 unspecified atom stereocenters. The first kappa shape index (κ1) is 8.58. The number of carbonyl (C=O) groups excluding carboxylic acids is 1. The third kappa shape index (κ3) is 1.11. The number of nitrogens with one attached hydrogen (secondary N) is 1. The van der Waals surface area contributed by atoms with Crippen LogP contribution in [0.3, 0.4) is 0 Å². The lowest BCUT2D eigenvalue weighted by Crippen LogP contribution is -2.18. The van der Waals surface area contributed by atoms with Gasteiger partial charge < -0.3 is 5.73 Å². The molecule has 0 saturated carbocycles. The molecular weight excluding hydrogens is 182 g/mol. The molecule has 1 aromatic carbocycles. The standard InChI is InChI=1S/C9H9N3O2/c10-9(13)12-5-7(11-14)6-3-1-2-4-8(6)12/h1-5,11,14H,(H2,10,13). The van der Waals surface area contributed by atoms with Gasteiger partial charge in [-0.25, -0.2) is 4.79 Å². The van der Waals surface area contributed by atoms with Crippen molar-refractivity contribution in [2.75, 3.05) is 5.48 Å². The lowest BCUT2D eigenvalue weighted by Gasteiger charge is -1.96. The van der Waals surface area contributed by atoms with Crippen molar-refractivity contribution >= 4 is 22.6 Å². The van der Waals surface area contributed by atoms with Crippen LogP contribution in [0.25, 0.3) is 10.9 Å². The SMILES string of the molecule is NC(=O)n1cc(NO)c2ccccc21. The molecule has 0 aliphatic carbocycles. The minimum Gasteiger partial charge on any atom is -0.351 e. The van der Waals surface area contributed by atoms with Crippen LogP contribution in [0.4, 0.5) is 10.5 Å². The summed E-state index contributed by atoms with van der Waals surface area (Å²) in [4.78, 5) is 11.0. The van der Waals surface area contributed by atoms with E-state index in [0.717, 1.165) is 5.39 Å². The molecule has 1 aromatic heterocycles. The topological polar surface area (TPSA) is 80.3 Å². The van der Waals surface area contributed by atoms with Gasteiger partial charge in [0.1, 0.15) is 0 Å². The number of primary amides is 1. The summed E-state index contributed by atoms with van der Waals surface area (Å²) in [7, 11) is 0. The molecule has 14 heavy (non-hydrogen) atoms. The highest BCUT2D eigenvalue weighted by Crippen LogP contribution is 2.24. The molecule has 5 heteroatoms. The van der Waals surface area contributed by atoms with E-state index in [1.165, 1.54) is 10.8 Å².